The highest BCUT2D eigenvalue weighted by molar-refractivity contribution is 5.72. The summed E-state index contributed by atoms with van der Waals surface area (Å²) in [6, 6.07) is 7.27. The van der Waals surface area contributed by atoms with Crippen LogP contribution in [0.5, 0.6) is 11.5 Å². The van der Waals surface area contributed by atoms with Crippen molar-refractivity contribution in [2.45, 2.75) is 65.7 Å². The van der Waals surface area contributed by atoms with E-state index in [0.29, 0.717) is 36.3 Å². The van der Waals surface area contributed by atoms with Crippen LogP contribution in [0.3, 0.4) is 0 Å². The first-order valence-corrected chi connectivity index (χ1v) is 10.4. The van der Waals surface area contributed by atoms with Crippen molar-refractivity contribution in [3.63, 3.8) is 0 Å². The molecule has 0 radical (unpaired) electrons. The van der Waals surface area contributed by atoms with Gasteiger partial charge in [0.1, 0.15) is 5.75 Å². The molecule has 0 N–H and O–H groups in total. The Morgan fingerprint density at radius 1 is 1.00 bits per heavy atom. The molecule has 28 heavy (non-hydrogen) atoms. The maximum atomic E-state index is 11.9. The van der Waals surface area contributed by atoms with Gasteiger partial charge in [-0.1, -0.05) is 46.5 Å². The molecule has 152 valence electrons. The molecule has 0 saturated carbocycles. The molecule has 5 heteroatoms. The zero-order valence-corrected chi connectivity index (χ0v) is 17.3. The standard InChI is InChI=1S/C23H32N2O3/c1-4-6-7-8-15-27-21-16-24-23(25-17-21)19-10-12-20(13-11-19)28-22(26)14-9-18(3)5-2/h10-13,16-18H,4-9,14-15H2,1-3H3. The van der Waals surface area contributed by atoms with Crippen LogP contribution in [-0.4, -0.2) is 22.5 Å². The third-order valence-electron chi connectivity index (χ3n) is 4.78. The maximum absolute atomic E-state index is 11.9. The van der Waals surface area contributed by atoms with Crippen molar-refractivity contribution < 1.29 is 14.3 Å². The number of esters is 1. The normalized spacial score (nSPS) is 11.8. The summed E-state index contributed by atoms with van der Waals surface area (Å²) in [7, 11) is 0. The molecule has 0 bridgehead atoms. The van der Waals surface area contributed by atoms with E-state index < -0.39 is 0 Å². The number of nitrogens with zero attached hydrogens (tertiary/aromatic N) is 2. The van der Waals surface area contributed by atoms with Crippen LogP contribution in [0, 0.1) is 5.92 Å². The molecule has 0 fully saturated rings. The summed E-state index contributed by atoms with van der Waals surface area (Å²) in [5.74, 6) is 2.20. The van der Waals surface area contributed by atoms with Gasteiger partial charge in [-0.2, -0.15) is 0 Å². The molecule has 1 atom stereocenters. The number of aromatic nitrogens is 2. The van der Waals surface area contributed by atoms with Gasteiger partial charge >= 0.3 is 5.97 Å². The molecule has 2 rings (SSSR count). The molecule has 0 aliphatic rings. The average molecular weight is 385 g/mol. The van der Waals surface area contributed by atoms with E-state index in [4.69, 9.17) is 9.47 Å². The van der Waals surface area contributed by atoms with E-state index in [2.05, 4.69) is 30.7 Å². The van der Waals surface area contributed by atoms with Gasteiger partial charge in [0.05, 0.1) is 19.0 Å². The van der Waals surface area contributed by atoms with E-state index in [9.17, 15) is 4.79 Å². The van der Waals surface area contributed by atoms with Crippen LogP contribution < -0.4 is 9.47 Å². The molecule has 2 aromatic rings. The fraction of sp³-hybridized carbons (Fsp3) is 0.522. The summed E-state index contributed by atoms with van der Waals surface area (Å²) in [6.07, 6.45) is 10.5. The number of hydrogen-bond acceptors (Lipinski definition) is 5. The Balaban J connectivity index is 1.83. The van der Waals surface area contributed by atoms with Crippen molar-refractivity contribution in [3.8, 4) is 22.9 Å². The summed E-state index contributed by atoms with van der Waals surface area (Å²) in [6.45, 7) is 7.16. The second kappa shape index (κ2) is 12.1. The molecule has 0 amide bonds. The van der Waals surface area contributed by atoms with Crippen molar-refractivity contribution in [1.82, 2.24) is 9.97 Å². The minimum Gasteiger partial charge on any atom is -0.490 e. The Bertz CT molecular complexity index is 699. The van der Waals surface area contributed by atoms with E-state index in [1.807, 2.05) is 12.1 Å². The molecule has 0 aliphatic carbocycles. The molecule has 1 unspecified atom stereocenters. The quantitative estimate of drug-likeness (QED) is 0.261. The molecule has 1 aromatic carbocycles. The summed E-state index contributed by atoms with van der Waals surface area (Å²) in [5, 5.41) is 0. The molecule has 1 heterocycles. The van der Waals surface area contributed by atoms with Crippen molar-refractivity contribution in [3.05, 3.63) is 36.7 Å². The third-order valence-corrected chi connectivity index (χ3v) is 4.78. The van der Waals surface area contributed by atoms with E-state index >= 15 is 0 Å². The largest absolute Gasteiger partial charge is 0.490 e. The van der Waals surface area contributed by atoms with Gasteiger partial charge in [0.2, 0.25) is 0 Å². The summed E-state index contributed by atoms with van der Waals surface area (Å²) < 4.78 is 11.1. The topological polar surface area (TPSA) is 61.3 Å². The first-order valence-electron chi connectivity index (χ1n) is 10.4. The molecular weight excluding hydrogens is 352 g/mol. The van der Waals surface area contributed by atoms with Crippen LogP contribution in [0.2, 0.25) is 0 Å². The zero-order chi connectivity index (χ0) is 20.2. The van der Waals surface area contributed by atoms with Crippen molar-refractivity contribution >= 4 is 5.97 Å². The Kier molecular flexibility index (Phi) is 9.46. The second-order valence-corrected chi connectivity index (χ2v) is 7.20. The van der Waals surface area contributed by atoms with Crippen LogP contribution in [0.25, 0.3) is 11.4 Å². The van der Waals surface area contributed by atoms with Crippen LogP contribution in [0.4, 0.5) is 0 Å². The lowest BCUT2D eigenvalue weighted by molar-refractivity contribution is -0.134. The fourth-order valence-electron chi connectivity index (χ4n) is 2.68. The van der Waals surface area contributed by atoms with Crippen molar-refractivity contribution in [2.24, 2.45) is 5.92 Å². The van der Waals surface area contributed by atoms with E-state index in [1.54, 1.807) is 24.5 Å². The Morgan fingerprint density at radius 2 is 1.71 bits per heavy atom. The lowest BCUT2D eigenvalue weighted by Crippen LogP contribution is -2.09. The molecular formula is C23H32N2O3. The molecule has 1 aromatic heterocycles. The monoisotopic (exact) mass is 384 g/mol. The molecule has 0 saturated heterocycles. The number of unbranched alkanes of at least 4 members (excludes halogenated alkanes) is 3. The molecule has 0 spiro atoms. The van der Waals surface area contributed by atoms with Crippen LogP contribution in [-0.2, 0) is 4.79 Å². The lowest BCUT2D eigenvalue weighted by Gasteiger charge is -2.09. The summed E-state index contributed by atoms with van der Waals surface area (Å²) in [4.78, 5) is 20.6. The highest BCUT2D eigenvalue weighted by Crippen LogP contribution is 2.21. The number of carbonyl (C=O) groups excluding carboxylic acids is 1. The first kappa shape index (κ1) is 21.9. The second-order valence-electron chi connectivity index (χ2n) is 7.20. The minimum absolute atomic E-state index is 0.190. The van der Waals surface area contributed by atoms with Crippen LogP contribution in [0.1, 0.15) is 65.7 Å². The predicted molar refractivity (Wildman–Crippen MR) is 111 cm³/mol. The van der Waals surface area contributed by atoms with Gasteiger partial charge in [-0.3, -0.25) is 4.79 Å². The Morgan fingerprint density at radius 3 is 2.36 bits per heavy atom. The van der Waals surface area contributed by atoms with Gasteiger partial charge in [-0.15, -0.1) is 0 Å². The molecule has 0 aliphatic heterocycles. The van der Waals surface area contributed by atoms with Gasteiger partial charge in [-0.25, -0.2) is 9.97 Å². The summed E-state index contributed by atoms with van der Waals surface area (Å²) >= 11 is 0. The van der Waals surface area contributed by atoms with Gasteiger partial charge in [0, 0.05) is 12.0 Å². The van der Waals surface area contributed by atoms with Crippen LogP contribution in [0.15, 0.2) is 36.7 Å². The third kappa shape index (κ3) is 7.67. The molecule has 5 nitrogen and oxygen atoms in total. The first-order chi connectivity index (χ1) is 13.6. The van der Waals surface area contributed by atoms with Gasteiger partial charge < -0.3 is 9.47 Å². The fourth-order valence-corrected chi connectivity index (χ4v) is 2.68. The SMILES string of the molecule is CCCCCCOc1cnc(-c2ccc(OC(=O)CCC(C)CC)cc2)nc1. The van der Waals surface area contributed by atoms with Crippen LogP contribution >= 0.6 is 0 Å². The highest BCUT2D eigenvalue weighted by Gasteiger charge is 2.09. The number of rotatable bonds is 12. The van der Waals surface area contributed by atoms with Gasteiger partial charge in [-0.05, 0) is 43.0 Å². The number of carbonyl (C=O) groups is 1. The van der Waals surface area contributed by atoms with E-state index in [1.165, 1.54) is 19.3 Å². The number of hydrogen-bond donors (Lipinski definition) is 0. The Hall–Kier alpha value is -2.43. The average Bonchev–Trinajstić information content (AvgIpc) is 2.73. The predicted octanol–water partition coefficient (Wildman–Crippen LogP) is 5.83. The van der Waals surface area contributed by atoms with Crippen molar-refractivity contribution in [2.75, 3.05) is 6.61 Å². The minimum atomic E-state index is -0.190. The van der Waals surface area contributed by atoms with Gasteiger partial charge in [0.25, 0.3) is 0 Å². The number of benzene rings is 1. The highest BCUT2D eigenvalue weighted by atomic mass is 16.5. The van der Waals surface area contributed by atoms with Crippen molar-refractivity contribution in [1.29, 1.82) is 0 Å². The van der Waals surface area contributed by atoms with E-state index in [0.717, 1.165) is 24.8 Å². The zero-order valence-electron chi connectivity index (χ0n) is 17.3. The Labute approximate surface area is 168 Å². The number of ether oxygens (including phenoxy) is 2. The lowest BCUT2D eigenvalue weighted by atomic mass is 10.0. The maximum Gasteiger partial charge on any atom is 0.311 e. The summed E-state index contributed by atoms with van der Waals surface area (Å²) in [5.41, 5.74) is 0.869. The smallest absolute Gasteiger partial charge is 0.311 e. The van der Waals surface area contributed by atoms with E-state index in [-0.39, 0.29) is 5.97 Å². The van der Waals surface area contributed by atoms with Gasteiger partial charge in [0.15, 0.2) is 11.6 Å².